The maximum atomic E-state index is 11.0. The third kappa shape index (κ3) is 2.65. The van der Waals surface area contributed by atoms with E-state index in [4.69, 9.17) is 21.1 Å². The molecule has 0 saturated carbocycles. The predicted molar refractivity (Wildman–Crippen MR) is 87.3 cm³/mol. The number of pyridine rings is 2. The number of rotatable bonds is 5. The molecule has 3 aromatic heterocycles. The Morgan fingerprint density at radius 2 is 2.12 bits per heavy atom. The highest BCUT2D eigenvalue weighted by molar-refractivity contribution is 6.35. The lowest BCUT2D eigenvalue weighted by molar-refractivity contribution is -0.388. The largest absolute Gasteiger partial charge is 0.495 e. The fourth-order valence-corrected chi connectivity index (χ4v) is 2.42. The molecule has 0 aliphatic carbocycles. The van der Waals surface area contributed by atoms with Crippen molar-refractivity contribution in [3.05, 3.63) is 45.9 Å². The SMILES string of the molecule is CNc1c([N+](=O)[O-])ncc(Oc2cnn3cc(OC)ccc23)c1Cl. The normalized spacial score (nSPS) is 10.6. The molecule has 124 valence electrons. The lowest BCUT2D eigenvalue weighted by Crippen LogP contribution is -2.01. The Morgan fingerprint density at radius 3 is 2.79 bits per heavy atom. The van der Waals surface area contributed by atoms with Gasteiger partial charge in [0.15, 0.2) is 23.4 Å². The number of nitro groups is 1. The molecule has 3 aromatic rings. The number of fused-ring (bicyclic) bond motifs is 1. The van der Waals surface area contributed by atoms with Gasteiger partial charge in [0.1, 0.15) is 16.3 Å². The summed E-state index contributed by atoms with van der Waals surface area (Å²) in [5.41, 5.74) is 0.758. The molecule has 0 radical (unpaired) electrons. The first-order chi connectivity index (χ1) is 11.5. The molecule has 0 aliphatic rings. The zero-order valence-corrected chi connectivity index (χ0v) is 13.4. The monoisotopic (exact) mass is 349 g/mol. The summed E-state index contributed by atoms with van der Waals surface area (Å²) in [4.78, 5) is 14.1. The van der Waals surface area contributed by atoms with Gasteiger partial charge in [-0.25, -0.2) is 4.52 Å². The van der Waals surface area contributed by atoms with Crippen LogP contribution < -0.4 is 14.8 Å². The van der Waals surface area contributed by atoms with Gasteiger partial charge in [-0.1, -0.05) is 11.6 Å². The Labute approximate surface area is 140 Å². The van der Waals surface area contributed by atoms with Gasteiger partial charge in [0.2, 0.25) is 0 Å². The Kier molecular flexibility index (Phi) is 4.09. The van der Waals surface area contributed by atoms with Crippen LogP contribution in [0.15, 0.2) is 30.7 Å². The van der Waals surface area contributed by atoms with Crippen LogP contribution in [0.4, 0.5) is 11.5 Å². The van der Waals surface area contributed by atoms with E-state index >= 15 is 0 Å². The van der Waals surface area contributed by atoms with E-state index in [-0.39, 0.29) is 22.3 Å². The van der Waals surface area contributed by atoms with Crippen LogP contribution in [-0.4, -0.2) is 33.7 Å². The molecule has 0 bridgehead atoms. The quantitative estimate of drug-likeness (QED) is 0.557. The Morgan fingerprint density at radius 1 is 1.33 bits per heavy atom. The minimum atomic E-state index is -0.622. The third-order valence-corrected chi connectivity index (χ3v) is 3.67. The lowest BCUT2D eigenvalue weighted by Gasteiger charge is -2.09. The molecule has 0 unspecified atom stereocenters. The molecule has 0 amide bonds. The minimum absolute atomic E-state index is 0.0621. The van der Waals surface area contributed by atoms with Crippen molar-refractivity contribution in [2.24, 2.45) is 0 Å². The molecule has 0 saturated heterocycles. The van der Waals surface area contributed by atoms with Crippen molar-refractivity contribution in [3.63, 3.8) is 0 Å². The molecular formula is C14H12ClN5O4. The highest BCUT2D eigenvalue weighted by Crippen LogP contribution is 2.39. The van der Waals surface area contributed by atoms with Crippen molar-refractivity contribution in [3.8, 4) is 17.2 Å². The second-order valence-electron chi connectivity index (χ2n) is 4.65. The molecule has 0 aliphatic heterocycles. The maximum absolute atomic E-state index is 11.0. The molecular weight excluding hydrogens is 338 g/mol. The summed E-state index contributed by atoms with van der Waals surface area (Å²) in [6, 6.07) is 3.53. The fraction of sp³-hybridized carbons (Fsp3) is 0.143. The van der Waals surface area contributed by atoms with Crippen molar-refractivity contribution < 1.29 is 14.4 Å². The topological polar surface area (TPSA) is 104 Å². The summed E-state index contributed by atoms with van der Waals surface area (Å²) >= 11 is 6.19. The smallest absolute Gasteiger partial charge is 0.388 e. The van der Waals surface area contributed by atoms with Gasteiger partial charge in [0.05, 0.1) is 19.5 Å². The minimum Gasteiger partial charge on any atom is -0.495 e. The van der Waals surface area contributed by atoms with E-state index in [1.165, 1.54) is 19.4 Å². The van der Waals surface area contributed by atoms with Crippen LogP contribution in [-0.2, 0) is 0 Å². The summed E-state index contributed by atoms with van der Waals surface area (Å²) in [7, 11) is 3.07. The van der Waals surface area contributed by atoms with Gasteiger partial charge >= 0.3 is 5.82 Å². The first-order valence-electron chi connectivity index (χ1n) is 6.75. The van der Waals surface area contributed by atoms with Crippen LogP contribution in [0.3, 0.4) is 0 Å². The molecule has 24 heavy (non-hydrogen) atoms. The molecule has 9 nitrogen and oxygen atoms in total. The Balaban J connectivity index is 2.01. The molecule has 10 heteroatoms. The number of hydrogen-bond acceptors (Lipinski definition) is 7. The van der Waals surface area contributed by atoms with Gasteiger partial charge in [-0.2, -0.15) is 5.10 Å². The van der Waals surface area contributed by atoms with Crippen LogP contribution in [0.25, 0.3) is 5.52 Å². The van der Waals surface area contributed by atoms with Gasteiger partial charge in [0, 0.05) is 7.05 Å². The number of nitrogens with zero attached hydrogens (tertiary/aromatic N) is 4. The summed E-state index contributed by atoms with van der Waals surface area (Å²) in [5.74, 6) is 0.874. The van der Waals surface area contributed by atoms with Gasteiger partial charge in [-0.05, 0) is 22.0 Å². The van der Waals surface area contributed by atoms with Crippen molar-refractivity contribution in [1.82, 2.24) is 14.6 Å². The Bertz CT molecular complexity index is 927. The number of anilines is 1. The van der Waals surface area contributed by atoms with Crippen molar-refractivity contribution in [1.29, 1.82) is 0 Å². The van der Waals surface area contributed by atoms with Crippen LogP contribution in [0.1, 0.15) is 0 Å². The first kappa shape index (κ1) is 15.8. The van der Waals surface area contributed by atoms with E-state index in [0.717, 1.165) is 0 Å². The van der Waals surface area contributed by atoms with Crippen molar-refractivity contribution in [2.75, 3.05) is 19.5 Å². The van der Waals surface area contributed by atoms with Crippen LogP contribution in [0.2, 0.25) is 5.02 Å². The fourth-order valence-electron chi connectivity index (χ4n) is 2.15. The third-order valence-electron chi connectivity index (χ3n) is 3.30. The number of nitrogens with one attached hydrogen (secondary N) is 1. The molecule has 3 heterocycles. The predicted octanol–water partition coefficient (Wildman–Crippen LogP) is 3.13. The van der Waals surface area contributed by atoms with E-state index in [0.29, 0.717) is 17.0 Å². The number of methoxy groups -OCH3 is 1. The van der Waals surface area contributed by atoms with Gasteiger partial charge in [-0.3, -0.25) is 0 Å². The number of ether oxygens (including phenoxy) is 2. The van der Waals surface area contributed by atoms with Gasteiger partial charge in [0.25, 0.3) is 0 Å². The molecule has 0 atom stereocenters. The zero-order valence-electron chi connectivity index (χ0n) is 12.7. The molecule has 0 aromatic carbocycles. The second-order valence-corrected chi connectivity index (χ2v) is 5.03. The lowest BCUT2D eigenvalue weighted by atomic mass is 10.3. The van der Waals surface area contributed by atoms with E-state index in [9.17, 15) is 10.1 Å². The van der Waals surface area contributed by atoms with Crippen LogP contribution in [0.5, 0.6) is 17.2 Å². The number of hydrogen-bond donors (Lipinski definition) is 1. The molecule has 3 rings (SSSR count). The standard InChI is InChI=1S/C14H12ClN5O4/c1-16-13-12(15)11(5-17-14(13)20(21)22)24-10-6-18-19-7-8(23-2)3-4-9(10)19/h3-7,16H,1-2H3. The maximum Gasteiger partial charge on any atom is 0.388 e. The summed E-state index contributed by atoms with van der Waals surface area (Å²) < 4.78 is 12.4. The highest BCUT2D eigenvalue weighted by atomic mass is 35.5. The summed E-state index contributed by atoms with van der Waals surface area (Å²) in [6.07, 6.45) is 4.40. The highest BCUT2D eigenvalue weighted by Gasteiger charge is 2.23. The second kappa shape index (κ2) is 6.20. The molecule has 1 N–H and O–H groups in total. The number of halogens is 1. The average molecular weight is 350 g/mol. The Hall–Kier alpha value is -3.07. The van der Waals surface area contributed by atoms with Gasteiger partial charge < -0.3 is 24.9 Å². The van der Waals surface area contributed by atoms with E-state index in [2.05, 4.69) is 15.4 Å². The van der Waals surface area contributed by atoms with Crippen LogP contribution in [0, 0.1) is 10.1 Å². The van der Waals surface area contributed by atoms with E-state index in [1.807, 2.05) is 0 Å². The molecule has 0 spiro atoms. The molecule has 0 fully saturated rings. The van der Waals surface area contributed by atoms with Gasteiger partial charge in [-0.15, -0.1) is 0 Å². The zero-order chi connectivity index (χ0) is 17.3. The summed E-state index contributed by atoms with van der Waals surface area (Å²) in [5, 5.41) is 17.9. The van der Waals surface area contributed by atoms with Crippen LogP contribution >= 0.6 is 11.6 Å². The summed E-state index contributed by atoms with van der Waals surface area (Å²) in [6.45, 7) is 0. The first-order valence-corrected chi connectivity index (χ1v) is 7.12. The van der Waals surface area contributed by atoms with E-state index < -0.39 is 4.92 Å². The number of aromatic nitrogens is 3. The average Bonchev–Trinajstić information content (AvgIpc) is 2.98. The van der Waals surface area contributed by atoms with Crippen molar-refractivity contribution in [2.45, 2.75) is 0 Å². The van der Waals surface area contributed by atoms with Crippen molar-refractivity contribution >= 4 is 28.6 Å². The van der Waals surface area contributed by atoms with E-state index in [1.54, 1.807) is 30.0 Å².